The second-order valence-electron chi connectivity index (χ2n) is 4.41. The van der Waals surface area contributed by atoms with Gasteiger partial charge in [0.05, 0.1) is 16.8 Å². The average Bonchev–Trinajstić information content (AvgIpc) is 2.39. The molecule has 0 radical (unpaired) electrons. The number of aromatic hydroxyl groups is 1. The van der Waals surface area contributed by atoms with Crippen LogP contribution in [-0.4, -0.2) is 5.11 Å². The predicted octanol–water partition coefficient (Wildman–Crippen LogP) is 5.51. The molecule has 2 N–H and O–H groups in total. The molecule has 106 valence electrons. The molecule has 0 aliphatic heterocycles. The van der Waals surface area contributed by atoms with Crippen LogP contribution in [0.3, 0.4) is 0 Å². The van der Waals surface area contributed by atoms with Crippen LogP contribution >= 0.6 is 27.5 Å². The maximum Gasteiger partial charge on any atom is 0.125 e. The van der Waals surface area contributed by atoms with Crippen LogP contribution in [0.25, 0.3) is 0 Å². The minimum atomic E-state index is -0.400. The third-order valence-corrected chi connectivity index (χ3v) is 3.97. The smallest absolute Gasteiger partial charge is 0.125 e. The van der Waals surface area contributed by atoms with E-state index in [-0.39, 0.29) is 11.8 Å². The summed E-state index contributed by atoms with van der Waals surface area (Å²) in [5.41, 5.74) is 1.39. The van der Waals surface area contributed by atoms with Crippen molar-refractivity contribution in [2.45, 2.75) is 19.4 Å². The zero-order valence-corrected chi connectivity index (χ0v) is 13.2. The van der Waals surface area contributed by atoms with E-state index >= 15 is 0 Å². The third-order valence-electron chi connectivity index (χ3n) is 3.05. The lowest BCUT2D eigenvalue weighted by Crippen LogP contribution is -2.10. The average molecular weight is 359 g/mol. The lowest BCUT2D eigenvalue weighted by atomic mass is 10.0. The summed E-state index contributed by atoms with van der Waals surface area (Å²) in [6.45, 7) is 2.00. The van der Waals surface area contributed by atoms with Crippen LogP contribution in [-0.2, 0) is 0 Å². The van der Waals surface area contributed by atoms with Crippen LogP contribution in [0.4, 0.5) is 10.1 Å². The topological polar surface area (TPSA) is 32.3 Å². The van der Waals surface area contributed by atoms with Crippen LogP contribution in [0.15, 0.2) is 40.9 Å². The van der Waals surface area contributed by atoms with Gasteiger partial charge in [0, 0.05) is 10.0 Å². The first kappa shape index (κ1) is 15.1. The zero-order chi connectivity index (χ0) is 14.7. The Morgan fingerprint density at radius 2 is 2.05 bits per heavy atom. The SMILES string of the molecule is CCC(Nc1c(Cl)cc(F)cc1Br)c1ccccc1O. The molecule has 0 amide bonds. The van der Waals surface area contributed by atoms with Gasteiger partial charge in [-0.15, -0.1) is 0 Å². The molecule has 0 bridgehead atoms. The Labute approximate surface area is 130 Å². The van der Waals surface area contributed by atoms with Crippen LogP contribution in [0.1, 0.15) is 24.9 Å². The van der Waals surface area contributed by atoms with Gasteiger partial charge in [-0.25, -0.2) is 4.39 Å². The third kappa shape index (κ3) is 3.25. The summed E-state index contributed by atoms with van der Waals surface area (Å²) in [5, 5.41) is 13.5. The van der Waals surface area contributed by atoms with E-state index in [0.717, 1.165) is 12.0 Å². The number of para-hydroxylation sites is 1. The zero-order valence-electron chi connectivity index (χ0n) is 10.8. The summed E-state index contributed by atoms with van der Waals surface area (Å²) in [6, 6.07) is 9.61. The number of hydrogen-bond acceptors (Lipinski definition) is 2. The molecule has 0 saturated heterocycles. The van der Waals surface area contributed by atoms with Crippen molar-refractivity contribution in [3.05, 3.63) is 57.3 Å². The van der Waals surface area contributed by atoms with E-state index in [0.29, 0.717) is 15.2 Å². The second-order valence-corrected chi connectivity index (χ2v) is 5.67. The van der Waals surface area contributed by atoms with Gasteiger partial charge in [0.15, 0.2) is 0 Å². The largest absolute Gasteiger partial charge is 0.508 e. The number of phenols is 1. The molecule has 20 heavy (non-hydrogen) atoms. The van der Waals surface area contributed by atoms with Crippen LogP contribution < -0.4 is 5.32 Å². The van der Waals surface area contributed by atoms with E-state index in [1.807, 2.05) is 19.1 Å². The molecule has 5 heteroatoms. The molecular weight excluding hydrogens is 345 g/mol. The second kappa shape index (κ2) is 6.46. The molecule has 0 aromatic heterocycles. The number of anilines is 1. The number of hydrogen-bond donors (Lipinski definition) is 2. The molecule has 0 aliphatic rings. The van der Waals surface area contributed by atoms with Gasteiger partial charge in [-0.1, -0.05) is 36.7 Å². The number of phenolic OH excluding ortho intramolecular Hbond substituents is 1. The van der Waals surface area contributed by atoms with Gasteiger partial charge in [-0.05, 0) is 40.5 Å². The normalized spacial score (nSPS) is 12.2. The summed E-state index contributed by atoms with van der Waals surface area (Å²) in [4.78, 5) is 0. The van der Waals surface area contributed by atoms with Gasteiger partial charge in [0.1, 0.15) is 11.6 Å². The van der Waals surface area contributed by atoms with E-state index in [9.17, 15) is 9.50 Å². The van der Waals surface area contributed by atoms with Crippen LogP contribution in [0.2, 0.25) is 5.02 Å². The van der Waals surface area contributed by atoms with Gasteiger partial charge in [-0.3, -0.25) is 0 Å². The molecule has 0 saturated carbocycles. The van der Waals surface area contributed by atoms with E-state index < -0.39 is 5.82 Å². The summed E-state index contributed by atoms with van der Waals surface area (Å²) < 4.78 is 13.8. The van der Waals surface area contributed by atoms with Crippen molar-refractivity contribution in [3.8, 4) is 5.75 Å². The van der Waals surface area contributed by atoms with Crippen molar-refractivity contribution in [2.75, 3.05) is 5.32 Å². The molecule has 2 aromatic rings. The fraction of sp³-hybridized carbons (Fsp3) is 0.200. The minimum Gasteiger partial charge on any atom is -0.508 e. The Kier molecular flexibility index (Phi) is 4.89. The van der Waals surface area contributed by atoms with Crippen molar-refractivity contribution in [1.82, 2.24) is 0 Å². The number of halogens is 3. The molecular formula is C15H14BrClFNO. The number of benzene rings is 2. The molecule has 0 spiro atoms. The molecule has 2 nitrogen and oxygen atoms in total. The Morgan fingerprint density at radius 1 is 1.35 bits per heavy atom. The fourth-order valence-electron chi connectivity index (χ4n) is 2.04. The van der Waals surface area contributed by atoms with Crippen molar-refractivity contribution < 1.29 is 9.50 Å². The van der Waals surface area contributed by atoms with Crippen molar-refractivity contribution in [1.29, 1.82) is 0 Å². The first-order valence-corrected chi connectivity index (χ1v) is 7.39. The first-order chi connectivity index (χ1) is 9.52. The van der Waals surface area contributed by atoms with Crippen molar-refractivity contribution in [2.24, 2.45) is 0 Å². The molecule has 0 heterocycles. The summed E-state index contributed by atoms with van der Waals surface area (Å²) in [5.74, 6) is -0.177. The number of rotatable bonds is 4. The molecule has 2 aromatic carbocycles. The van der Waals surface area contributed by atoms with E-state index in [1.54, 1.807) is 12.1 Å². The standard InChI is InChI=1S/C15H14BrClFNO/c1-2-13(10-5-3-4-6-14(10)20)19-15-11(16)7-9(18)8-12(15)17/h3-8,13,19-20H,2H2,1H3. The maximum atomic E-state index is 13.2. The highest BCUT2D eigenvalue weighted by atomic mass is 79.9. The number of nitrogens with one attached hydrogen (secondary N) is 1. The Bertz CT molecular complexity index is 598. The molecule has 2 rings (SSSR count). The van der Waals surface area contributed by atoms with Gasteiger partial charge < -0.3 is 10.4 Å². The van der Waals surface area contributed by atoms with Gasteiger partial charge in [0.2, 0.25) is 0 Å². The Hall–Kier alpha value is -1.26. The van der Waals surface area contributed by atoms with E-state index in [2.05, 4.69) is 21.2 Å². The highest BCUT2D eigenvalue weighted by Gasteiger charge is 2.16. The van der Waals surface area contributed by atoms with Gasteiger partial charge in [-0.2, -0.15) is 0 Å². The van der Waals surface area contributed by atoms with Gasteiger partial charge >= 0.3 is 0 Å². The van der Waals surface area contributed by atoms with E-state index in [1.165, 1.54) is 12.1 Å². The Balaban J connectivity index is 2.35. The molecule has 0 fully saturated rings. The van der Waals surface area contributed by atoms with Crippen molar-refractivity contribution >= 4 is 33.2 Å². The summed E-state index contributed by atoms with van der Waals surface area (Å²) in [7, 11) is 0. The molecule has 1 atom stereocenters. The fourth-order valence-corrected chi connectivity index (χ4v) is 2.96. The highest BCUT2D eigenvalue weighted by Crippen LogP contribution is 2.36. The Morgan fingerprint density at radius 3 is 2.65 bits per heavy atom. The summed E-state index contributed by atoms with van der Waals surface area (Å²) >= 11 is 9.37. The van der Waals surface area contributed by atoms with Crippen LogP contribution in [0.5, 0.6) is 5.75 Å². The quantitative estimate of drug-likeness (QED) is 0.755. The highest BCUT2D eigenvalue weighted by molar-refractivity contribution is 9.10. The van der Waals surface area contributed by atoms with Crippen molar-refractivity contribution in [3.63, 3.8) is 0 Å². The molecule has 0 aliphatic carbocycles. The molecule has 1 unspecified atom stereocenters. The summed E-state index contributed by atoms with van der Waals surface area (Å²) in [6.07, 6.45) is 0.748. The maximum absolute atomic E-state index is 13.2. The van der Waals surface area contributed by atoms with Crippen LogP contribution in [0, 0.1) is 5.82 Å². The lowest BCUT2D eigenvalue weighted by Gasteiger charge is -2.21. The monoisotopic (exact) mass is 357 g/mol. The van der Waals surface area contributed by atoms with Gasteiger partial charge in [0.25, 0.3) is 0 Å². The first-order valence-electron chi connectivity index (χ1n) is 6.22. The lowest BCUT2D eigenvalue weighted by molar-refractivity contribution is 0.462. The van der Waals surface area contributed by atoms with E-state index in [4.69, 9.17) is 11.6 Å². The minimum absolute atomic E-state index is 0.115. The predicted molar refractivity (Wildman–Crippen MR) is 83.9 cm³/mol.